The Bertz CT molecular complexity index is 2890. The van der Waals surface area contributed by atoms with Crippen LogP contribution in [0.4, 0.5) is 40.3 Å². The van der Waals surface area contributed by atoms with Gasteiger partial charge in [-0.3, -0.25) is 18.9 Å². The summed E-state index contributed by atoms with van der Waals surface area (Å²) in [6, 6.07) is 14.0. The molecule has 2 amide bonds. The second kappa shape index (κ2) is 20.6. The molecule has 4 aromatic heterocycles. The summed E-state index contributed by atoms with van der Waals surface area (Å²) in [4.78, 5) is 50.2. The predicted octanol–water partition coefficient (Wildman–Crippen LogP) is 8.50. The van der Waals surface area contributed by atoms with E-state index >= 15 is 0 Å². The second-order valence-corrected chi connectivity index (χ2v) is 17.9. The lowest BCUT2D eigenvalue weighted by Gasteiger charge is -2.23. The Hall–Kier alpha value is -7.23. The maximum Gasteiger partial charge on any atom is 0.416 e. The number of halogens is 3. The lowest BCUT2D eigenvalue weighted by Crippen LogP contribution is -2.39. The first-order valence-corrected chi connectivity index (χ1v) is 23.0. The molecule has 71 heavy (non-hydrogen) atoms. The molecule has 18 nitrogen and oxygen atoms in total. The first-order valence-electron chi connectivity index (χ1n) is 23.0. The molecule has 8 heterocycles. The first-order chi connectivity index (χ1) is 33.3. The number of nitrogens with one attached hydrogen (secondary N) is 1. The smallest absolute Gasteiger partial charge is 0.416 e. The summed E-state index contributed by atoms with van der Waals surface area (Å²) >= 11 is 0. The van der Waals surface area contributed by atoms with Crippen LogP contribution in [-0.2, 0) is 22.7 Å². The Morgan fingerprint density at radius 1 is 0.662 bits per heavy atom. The van der Waals surface area contributed by atoms with Gasteiger partial charge in [0.15, 0.2) is 0 Å². The molecule has 0 unspecified atom stereocenters. The summed E-state index contributed by atoms with van der Waals surface area (Å²) in [5.74, 6) is 3.86. The number of nitrogens with zero attached hydrogens (tertiary/aromatic N) is 10. The molecule has 4 fully saturated rings. The van der Waals surface area contributed by atoms with Gasteiger partial charge in [-0.1, -0.05) is 19.6 Å². The molecule has 0 bridgehead atoms. The number of fused-ring (bicyclic) bond motifs is 6. The summed E-state index contributed by atoms with van der Waals surface area (Å²) in [6.45, 7) is 7.51. The summed E-state index contributed by atoms with van der Waals surface area (Å²) < 4.78 is 65.9. The van der Waals surface area contributed by atoms with Crippen LogP contribution in [0.2, 0.25) is 0 Å². The van der Waals surface area contributed by atoms with Crippen LogP contribution in [0.25, 0.3) is 11.4 Å². The van der Waals surface area contributed by atoms with Crippen molar-refractivity contribution in [1.29, 1.82) is 0 Å². The van der Waals surface area contributed by atoms with Crippen LogP contribution < -0.4 is 30.3 Å². The molecule has 3 radical (unpaired) electrons. The van der Waals surface area contributed by atoms with E-state index in [1.165, 1.54) is 67.8 Å². The van der Waals surface area contributed by atoms with E-state index in [1.807, 2.05) is 26.5 Å². The molecule has 371 valence electrons. The highest BCUT2D eigenvalue weighted by Crippen LogP contribution is 2.45. The molecule has 0 spiro atoms. The zero-order chi connectivity index (χ0) is 48.1. The van der Waals surface area contributed by atoms with Crippen molar-refractivity contribution >= 4 is 38.2 Å². The quantitative estimate of drug-likeness (QED) is 0.0977. The number of nitrogens with two attached hydrogens (primary N) is 1. The number of ether oxygens (including phenoxy) is 4. The van der Waals surface area contributed by atoms with E-state index in [1.54, 1.807) is 6.07 Å². The third kappa shape index (κ3) is 10.2. The van der Waals surface area contributed by atoms with Gasteiger partial charge in [0.1, 0.15) is 86.6 Å². The van der Waals surface area contributed by atoms with Gasteiger partial charge in [0, 0.05) is 26.8 Å². The van der Waals surface area contributed by atoms with Gasteiger partial charge in [0.25, 0.3) is 0 Å². The Morgan fingerprint density at radius 2 is 1.14 bits per heavy atom. The molecule has 6 aromatic rings. The molecule has 2 aromatic carbocycles. The number of hydrogen-bond acceptors (Lipinski definition) is 14. The van der Waals surface area contributed by atoms with E-state index in [0.29, 0.717) is 25.1 Å². The Kier molecular flexibility index (Phi) is 14.6. The van der Waals surface area contributed by atoms with Crippen LogP contribution in [0.5, 0.6) is 11.5 Å². The lowest BCUT2D eigenvalue weighted by atomic mass is 10.1. The van der Waals surface area contributed by atoms with Gasteiger partial charge < -0.3 is 30.0 Å². The number of cyclic esters (lactones) is 2. The highest BCUT2D eigenvalue weighted by molar-refractivity contribution is 5.90. The number of aromatic nitrogens is 8. The number of benzene rings is 2. The van der Waals surface area contributed by atoms with Gasteiger partial charge in [-0.2, -0.15) is 14.4 Å². The summed E-state index contributed by atoms with van der Waals surface area (Å²) in [7, 11) is 0. The molecule has 2 saturated carbocycles. The van der Waals surface area contributed by atoms with Crippen molar-refractivity contribution < 1.29 is 41.7 Å². The third-order valence-electron chi connectivity index (χ3n) is 12.9. The number of carbonyl (C=O) groups is 2. The number of anilines is 3. The monoisotopic (exact) mass is 975 g/mol. The van der Waals surface area contributed by atoms with E-state index in [9.17, 15) is 22.8 Å². The molecule has 4 aliphatic heterocycles. The first kappa shape index (κ1) is 50.2. The van der Waals surface area contributed by atoms with Crippen molar-refractivity contribution in [3.8, 4) is 22.9 Å². The van der Waals surface area contributed by atoms with E-state index in [-0.39, 0.29) is 52.8 Å². The number of carbonyl (C=O) groups excluding carboxylic acids is 2. The average molecular weight is 976 g/mol. The molecule has 2 saturated heterocycles. The van der Waals surface area contributed by atoms with Crippen molar-refractivity contribution in [2.75, 3.05) is 28.3 Å². The van der Waals surface area contributed by atoms with Gasteiger partial charge in [0.05, 0.1) is 40.2 Å². The van der Waals surface area contributed by atoms with Crippen LogP contribution in [0.3, 0.4) is 0 Å². The van der Waals surface area contributed by atoms with Gasteiger partial charge in [-0.05, 0) is 113 Å². The van der Waals surface area contributed by atoms with Crippen LogP contribution >= 0.6 is 0 Å². The highest BCUT2D eigenvalue weighted by atomic mass is 19.1. The van der Waals surface area contributed by atoms with Crippen molar-refractivity contribution in [2.24, 2.45) is 5.73 Å². The molecule has 6 atom stereocenters. The van der Waals surface area contributed by atoms with E-state index in [2.05, 4.69) is 80.8 Å². The fourth-order valence-electron chi connectivity index (χ4n) is 8.89. The van der Waals surface area contributed by atoms with E-state index in [4.69, 9.17) is 24.7 Å². The number of hydrogen-bond donors (Lipinski definition) is 2. The van der Waals surface area contributed by atoms with E-state index in [0.717, 1.165) is 62.7 Å². The second-order valence-electron chi connectivity index (χ2n) is 17.9. The third-order valence-corrected chi connectivity index (χ3v) is 12.9. The van der Waals surface area contributed by atoms with E-state index < -0.39 is 42.7 Å². The molecular weight excluding hydrogens is 920 g/mol. The topological polar surface area (TPSA) is 203 Å². The van der Waals surface area contributed by atoms with Crippen LogP contribution in [0, 0.1) is 6.08 Å². The van der Waals surface area contributed by atoms with Crippen molar-refractivity contribution in [1.82, 2.24) is 39.0 Å². The Morgan fingerprint density at radius 3 is 1.62 bits per heavy atom. The van der Waals surface area contributed by atoms with Crippen molar-refractivity contribution in [3.05, 3.63) is 114 Å². The number of rotatable bonds is 10. The minimum atomic E-state index is -1.29. The summed E-state index contributed by atoms with van der Waals surface area (Å²) in [5.41, 5.74) is 14.5. The number of amides is 2. The van der Waals surface area contributed by atoms with Crippen LogP contribution in [0.15, 0.2) is 73.6 Å². The molecular formula is C49H55BF3N12O6. The maximum absolute atomic E-state index is 14.0. The SMILES string of the molecule is C.C[C@H](F)[C@H]1COC(=O)N1c1ccnc(F)n1.C[C@H](N)c1ncn2c1COc1cc(C3CC3)ccc1-2.C[C@H](Nc1nccc(N2C(=O)OC[C@@H]2[C@H](C)F)n1)c1ncn2c1COc1cc(C3CC3)ccc1-2.[B]. The fraction of sp³-hybridized carbons (Fsp3) is 0.429. The molecule has 12 rings (SSSR count). The van der Waals surface area contributed by atoms with Gasteiger partial charge in [-0.25, -0.2) is 38.3 Å². The minimum Gasteiger partial charge on any atom is -0.485 e. The van der Waals surface area contributed by atoms with Gasteiger partial charge >= 0.3 is 18.3 Å². The Balaban J connectivity index is 0.000000155. The minimum absolute atomic E-state index is 0. The number of alkyl halides is 2. The number of imidazole rings is 2. The average Bonchev–Trinajstić information content (AvgIpc) is 4.19. The molecule has 2 aliphatic carbocycles. The van der Waals surface area contributed by atoms with Crippen molar-refractivity contribution in [2.45, 2.75) is 122 Å². The predicted molar refractivity (Wildman–Crippen MR) is 257 cm³/mol. The summed E-state index contributed by atoms with van der Waals surface area (Å²) in [6.07, 6.45) is 6.61. The summed E-state index contributed by atoms with van der Waals surface area (Å²) in [5, 5.41) is 3.25. The highest BCUT2D eigenvalue weighted by Gasteiger charge is 2.40. The lowest BCUT2D eigenvalue weighted by molar-refractivity contribution is 0.173. The maximum atomic E-state index is 14.0. The normalized spacial score (nSPS) is 19.8. The largest absolute Gasteiger partial charge is 0.485 e. The zero-order valence-electron chi connectivity index (χ0n) is 38.9. The van der Waals surface area contributed by atoms with Gasteiger partial charge in [0.2, 0.25) is 5.95 Å². The van der Waals surface area contributed by atoms with Crippen LogP contribution in [0.1, 0.15) is 119 Å². The molecule has 3 N–H and O–H groups in total. The standard InChI is InChI=1S/C24H25FN6O3.C15H17N3O.C9H9F2N3O2.CH4.B/c1-13(25)18-10-34-24(32)31(18)21-7-8-26-23(29-21)28-14(2)22-19-11-33-20-9-16(15-3-4-15)5-6-17(20)30(19)12-27-22;1-9(16)15-13-7-19-14-6-11(10-2-3-10)4-5-12(14)18(13)8-17-15;1-5(10)6-4-16-9(15)14(6)7-2-3-12-8(11)13-7;;/h5-9,12-15,18H,3-4,10-11H2,1-2H3,(H,26,28,29);4-6,8-10H,2-3,7,16H2,1H3;2-3,5-6H,4H2,1H3;1H4;/t13-,14-,18+;9-;5-,6+;;/m000../s1. The zero-order valence-corrected chi connectivity index (χ0v) is 38.9. The Labute approximate surface area is 410 Å². The van der Waals surface area contributed by atoms with Crippen molar-refractivity contribution in [3.63, 3.8) is 0 Å². The van der Waals surface area contributed by atoms with Crippen LogP contribution in [-0.4, -0.2) is 97.3 Å². The fourth-order valence-corrected chi connectivity index (χ4v) is 8.89. The van der Waals surface area contributed by atoms with Gasteiger partial charge in [-0.15, -0.1) is 0 Å². The molecule has 6 aliphatic rings. The molecule has 22 heteroatoms.